The molecule has 0 N–H and O–H groups in total. The molecule has 0 saturated carbocycles. The Bertz CT molecular complexity index is 943. The van der Waals surface area contributed by atoms with E-state index in [1.165, 1.54) is 16.4 Å². The second kappa shape index (κ2) is 7.25. The van der Waals surface area contributed by atoms with E-state index in [4.69, 9.17) is 11.6 Å². The average molecular weight is 376 g/mol. The number of halogens is 2. The van der Waals surface area contributed by atoms with Gasteiger partial charge in [0.25, 0.3) is 10.0 Å². The zero-order chi connectivity index (χ0) is 17.9. The van der Waals surface area contributed by atoms with Gasteiger partial charge in [0.05, 0.1) is 17.1 Å². The molecule has 3 aromatic rings. The fourth-order valence-electron chi connectivity index (χ4n) is 2.40. The molecule has 0 heterocycles. The smallest absolute Gasteiger partial charge is 0.262 e. The monoisotopic (exact) mass is 375 g/mol. The lowest BCUT2D eigenvalue weighted by Gasteiger charge is -2.25. The molecule has 0 spiro atoms. The van der Waals surface area contributed by atoms with Gasteiger partial charge in [-0.25, -0.2) is 12.8 Å². The number of benzene rings is 3. The maximum Gasteiger partial charge on any atom is 0.264 e. The number of sulfonamides is 1. The third-order valence-electron chi connectivity index (χ3n) is 3.69. The third-order valence-corrected chi connectivity index (χ3v) is 5.73. The van der Waals surface area contributed by atoms with Crippen LogP contribution in [0.5, 0.6) is 0 Å². The van der Waals surface area contributed by atoms with E-state index in [0.29, 0.717) is 16.3 Å². The predicted octanol–water partition coefficient (Wildman–Crippen LogP) is 4.87. The van der Waals surface area contributed by atoms with Crippen LogP contribution in [0.1, 0.15) is 5.56 Å². The Morgan fingerprint density at radius 3 is 2.04 bits per heavy atom. The lowest BCUT2D eigenvalue weighted by atomic mass is 10.2. The first-order valence-electron chi connectivity index (χ1n) is 7.54. The molecular weight excluding hydrogens is 361 g/mol. The Morgan fingerprint density at radius 2 is 1.44 bits per heavy atom. The summed E-state index contributed by atoms with van der Waals surface area (Å²) in [4.78, 5) is 0.187. The standard InChI is InChI=1S/C19H15ClFNO2S/c20-16-8-12-18(13-9-16)22(14-15-6-10-17(21)11-7-15)25(23,24)19-4-2-1-3-5-19/h1-13H,14H2. The lowest BCUT2D eigenvalue weighted by molar-refractivity contribution is 0.590. The summed E-state index contributed by atoms with van der Waals surface area (Å²) >= 11 is 5.92. The Kier molecular flexibility index (Phi) is 5.06. The van der Waals surface area contributed by atoms with Gasteiger partial charge in [-0.1, -0.05) is 41.9 Å². The van der Waals surface area contributed by atoms with Crippen LogP contribution in [0.2, 0.25) is 5.02 Å². The molecule has 0 atom stereocenters. The summed E-state index contributed by atoms with van der Waals surface area (Å²) in [6.07, 6.45) is 0. The summed E-state index contributed by atoms with van der Waals surface area (Å²) in [6, 6.07) is 20.5. The molecule has 3 aromatic carbocycles. The molecule has 128 valence electrons. The predicted molar refractivity (Wildman–Crippen MR) is 97.7 cm³/mol. The van der Waals surface area contributed by atoms with E-state index in [9.17, 15) is 12.8 Å². The van der Waals surface area contributed by atoms with Crippen molar-refractivity contribution >= 4 is 27.3 Å². The number of hydrogen-bond donors (Lipinski definition) is 0. The van der Waals surface area contributed by atoms with Crippen molar-refractivity contribution in [3.8, 4) is 0 Å². The van der Waals surface area contributed by atoms with Gasteiger partial charge >= 0.3 is 0 Å². The number of rotatable bonds is 5. The molecule has 0 radical (unpaired) electrons. The first kappa shape index (κ1) is 17.5. The highest BCUT2D eigenvalue weighted by molar-refractivity contribution is 7.92. The fraction of sp³-hybridized carbons (Fsp3) is 0.0526. The quantitative estimate of drug-likeness (QED) is 0.637. The van der Waals surface area contributed by atoms with Crippen molar-refractivity contribution in [2.75, 3.05) is 4.31 Å². The highest BCUT2D eigenvalue weighted by Gasteiger charge is 2.25. The van der Waals surface area contributed by atoms with Crippen LogP contribution >= 0.6 is 11.6 Å². The van der Waals surface area contributed by atoms with E-state index in [-0.39, 0.29) is 17.3 Å². The molecule has 0 aliphatic carbocycles. The van der Waals surface area contributed by atoms with E-state index in [1.54, 1.807) is 66.7 Å². The van der Waals surface area contributed by atoms with Crippen molar-refractivity contribution in [2.45, 2.75) is 11.4 Å². The molecule has 0 saturated heterocycles. The van der Waals surface area contributed by atoms with Crippen molar-refractivity contribution in [3.05, 3.63) is 95.3 Å². The van der Waals surface area contributed by atoms with E-state index < -0.39 is 10.0 Å². The van der Waals surface area contributed by atoms with Gasteiger partial charge in [-0.2, -0.15) is 0 Å². The number of hydrogen-bond acceptors (Lipinski definition) is 2. The highest BCUT2D eigenvalue weighted by Crippen LogP contribution is 2.27. The summed E-state index contributed by atoms with van der Waals surface area (Å²) in [7, 11) is -3.78. The fourth-order valence-corrected chi connectivity index (χ4v) is 4.00. The molecule has 0 fully saturated rings. The van der Waals surface area contributed by atoms with Gasteiger partial charge in [-0.05, 0) is 54.1 Å². The summed E-state index contributed by atoms with van der Waals surface area (Å²) in [5.74, 6) is -0.368. The number of anilines is 1. The van der Waals surface area contributed by atoms with Crippen LogP contribution in [0.15, 0.2) is 83.8 Å². The SMILES string of the molecule is O=S(=O)(c1ccccc1)N(Cc1ccc(F)cc1)c1ccc(Cl)cc1. The summed E-state index contributed by atoms with van der Waals surface area (Å²) < 4.78 is 40.6. The van der Waals surface area contributed by atoms with Crippen LogP contribution in [0.4, 0.5) is 10.1 Å². The molecule has 0 aliphatic heterocycles. The van der Waals surface area contributed by atoms with Crippen LogP contribution in [-0.4, -0.2) is 8.42 Å². The van der Waals surface area contributed by atoms with Gasteiger partial charge in [-0.15, -0.1) is 0 Å². The minimum atomic E-state index is -3.78. The largest absolute Gasteiger partial charge is 0.264 e. The van der Waals surface area contributed by atoms with Crippen molar-refractivity contribution in [1.29, 1.82) is 0 Å². The zero-order valence-corrected chi connectivity index (χ0v) is 14.7. The first-order valence-corrected chi connectivity index (χ1v) is 9.36. The Balaban J connectivity index is 2.05. The molecule has 25 heavy (non-hydrogen) atoms. The average Bonchev–Trinajstić information content (AvgIpc) is 2.63. The highest BCUT2D eigenvalue weighted by atomic mass is 35.5. The second-order valence-corrected chi connectivity index (χ2v) is 7.73. The van der Waals surface area contributed by atoms with E-state index in [0.717, 1.165) is 0 Å². The van der Waals surface area contributed by atoms with E-state index in [2.05, 4.69) is 0 Å². The maximum atomic E-state index is 13.1. The van der Waals surface area contributed by atoms with Gasteiger partial charge in [0, 0.05) is 5.02 Å². The molecule has 3 rings (SSSR count). The van der Waals surface area contributed by atoms with Crippen LogP contribution in [0.25, 0.3) is 0 Å². The van der Waals surface area contributed by atoms with Gasteiger partial charge in [0.2, 0.25) is 0 Å². The van der Waals surface area contributed by atoms with Crippen molar-refractivity contribution in [2.24, 2.45) is 0 Å². The van der Waals surface area contributed by atoms with Crippen molar-refractivity contribution in [1.82, 2.24) is 0 Å². The maximum absolute atomic E-state index is 13.1. The minimum Gasteiger partial charge on any atom is -0.262 e. The summed E-state index contributed by atoms with van der Waals surface area (Å²) in [5.41, 5.74) is 1.16. The van der Waals surface area contributed by atoms with Gasteiger partial charge < -0.3 is 0 Å². The first-order chi connectivity index (χ1) is 12.0. The van der Waals surface area contributed by atoms with E-state index in [1.807, 2.05) is 0 Å². The molecule has 0 bridgehead atoms. The summed E-state index contributed by atoms with van der Waals surface area (Å²) in [5, 5.41) is 0.516. The minimum absolute atomic E-state index is 0.0825. The van der Waals surface area contributed by atoms with E-state index >= 15 is 0 Å². The lowest BCUT2D eigenvalue weighted by Crippen LogP contribution is -2.30. The molecule has 0 amide bonds. The summed E-state index contributed by atoms with van der Waals surface area (Å²) in [6.45, 7) is 0.0825. The van der Waals surface area contributed by atoms with Crippen LogP contribution in [0.3, 0.4) is 0 Å². The topological polar surface area (TPSA) is 37.4 Å². The van der Waals surface area contributed by atoms with Crippen molar-refractivity contribution < 1.29 is 12.8 Å². The number of nitrogens with zero attached hydrogens (tertiary/aromatic N) is 1. The molecule has 3 nitrogen and oxygen atoms in total. The van der Waals surface area contributed by atoms with Gasteiger partial charge in [0.15, 0.2) is 0 Å². The molecule has 0 aromatic heterocycles. The van der Waals surface area contributed by atoms with Gasteiger partial charge in [0.1, 0.15) is 5.82 Å². The van der Waals surface area contributed by atoms with Gasteiger partial charge in [-0.3, -0.25) is 4.31 Å². The Hall–Kier alpha value is -2.37. The van der Waals surface area contributed by atoms with Crippen LogP contribution in [0, 0.1) is 5.82 Å². The molecular formula is C19H15ClFNO2S. The second-order valence-electron chi connectivity index (χ2n) is 5.43. The zero-order valence-electron chi connectivity index (χ0n) is 13.1. The molecule has 0 aliphatic rings. The third kappa shape index (κ3) is 4.00. The Morgan fingerprint density at radius 1 is 0.840 bits per heavy atom. The molecule has 0 unspecified atom stereocenters. The van der Waals surface area contributed by atoms with Crippen LogP contribution in [-0.2, 0) is 16.6 Å². The molecule has 6 heteroatoms. The van der Waals surface area contributed by atoms with Crippen molar-refractivity contribution in [3.63, 3.8) is 0 Å². The van der Waals surface area contributed by atoms with Crippen LogP contribution < -0.4 is 4.31 Å². The normalized spacial score (nSPS) is 11.3. The Labute approximate surface area is 151 Å².